The van der Waals surface area contributed by atoms with Gasteiger partial charge in [0.2, 0.25) is 0 Å². The molecule has 0 amide bonds. The molecule has 1 unspecified atom stereocenters. The third kappa shape index (κ3) is 9.38. The predicted octanol–water partition coefficient (Wildman–Crippen LogP) is 3.33. The number of ether oxygens (including phenoxy) is 3. The van der Waals surface area contributed by atoms with E-state index in [0.717, 1.165) is 6.42 Å². The van der Waals surface area contributed by atoms with Crippen LogP contribution in [0.5, 0.6) is 0 Å². The van der Waals surface area contributed by atoms with Crippen LogP contribution in [0.15, 0.2) is 0 Å². The fourth-order valence-electron chi connectivity index (χ4n) is 1.11. The lowest BCUT2D eigenvalue weighted by atomic mass is 10.3. The highest BCUT2D eigenvalue weighted by Crippen LogP contribution is 2.21. The molecule has 0 aromatic carbocycles. The second-order valence-corrected chi connectivity index (χ2v) is 4.02. The van der Waals surface area contributed by atoms with Crippen molar-refractivity contribution in [2.24, 2.45) is 0 Å². The second kappa shape index (κ2) is 9.41. The van der Waals surface area contributed by atoms with Crippen LogP contribution < -0.4 is 0 Å². The van der Waals surface area contributed by atoms with Gasteiger partial charge >= 0.3 is 12.2 Å². The number of halogens is 6. The van der Waals surface area contributed by atoms with Gasteiger partial charge in [-0.25, -0.2) is 8.78 Å². The average Bonchev–Trinajstić information content (AvgIpc) is 2.40. The molecule has 0 fully saturated rings. The van der Waals surface area contributed by atoms with E-state index in [1.54, 1.807) is 0 Å². The summed E-state index contributed by atoms with van der Waals surface area (Å²) in [6.45, 7) is -3.68. The molecule has 0 N–H and O–H groups in total. The van der Waals surface area contributed by atoms with Crippen molar-refractivity contribution in [1.29, 1.82) is 0 Å². The Kier molecular flexibility index (Phi) is 9.15. The smallest absolute Gasteiger partial charge is 0.379 e. The minimum atomic E-state index is -4.13. The summed E-state index contributed by atoms with van der Waals surface area (Å²) in [7, 11) is 0. The SMILES string of the molecule is CCCCOCC(COC(F)(F)CF)OC(F)(F)CF. The number of hydrogen-bond acceptors (Lipinski definition) is 3. The van der Waals surface area contributed by atoms with Crippen molar-refractivity contribution < 1.29 is 40.6 Å². The lowest BCUT2D eigenvalue weighted by molar-refractivity contribution is -0.307. The maximum Gasteiger partial charge on any atom is 0.384 e. The topological polar surface area (TPSA) is 27.7 Å². The number of alkyl halides is 6. The summed E-state index contributed by atoms with van der Waals surface area (Å²) in [5, 5.41) is 0. The first kappa shape index (κ1) is 19.5. The van der Waals surface area contributed by atoms with Crippen molar-refractivity contribution >= 4 is 0 Å². The van der Waals surface area contributed by atoms with Gasteiger partial charge in [0.05, 0.1) is 13.2 Å². The zero-order chi connectivity index (χ0) is 15.6. The summed E-state index contributed by atoms with van der Waals surface area (Å²) in [6.07, 6.45) is -8.45. The number of unbranched alkanes of at least 4 members (excludes halogenated alkanes) is 1. The second-order valence-electron chi connectivity index (χ2n) is 4.02. The summed E-state index contributed by atoms with van der Waals surface area (Å²) < 4.78 is 87.0. The maximum atomic E-state index is 12.7. The molecular formula is C11H18F6O3. The summed E-state index contributed by atoms with van der Waals surface area (Å²) in [5.74, 6) is 0. The zero-order valence-electron chi connectivity index (χ0n) is 11.0. The van der Waals surface area contributed by atoms with Gasteiger partial charge in [-0.15, -0.1) is 0 Å². The van der Waals surface area contributed by atoms with E-state index in [4.69, 9.17) is 4.74 Å². The quantitative estimate of drug-likeness (QED) is 0.409. The lowest BCUT2D eigenvalue weighted by Crippen LogP contribution is -2.38. The molecule has 0 aromatic rings. The van der Waals surface area contributed by atoms with Gasteiger partial charge in [-0.2, -0.15) is 17.6 Å². The Hall–Kier alpha value is -0.540. The molecule has 0 aliphatic rings. The molecule has 0 aliphatic carbocycles. The number of hydrogen-bond donors (Lipinski definition) is 0. The molecule has 0 saturated carbocycles. The maximum absolute atomic E-state index is 12.7. The van der Waals surface area contributed by atoms with Crippen LogP contribution in [-0.4, -0.2) is 51.5 Å². The molecule has 0 heterocycles. The van der Waals surface area contributed by atoms with Gasteiger partial charge in [-0.05, 0) is 6.42 Å². The van der Waals surface area contributed by atoms with Crippen LogP contribution in [0.1, 0.15) is 19.8 Å². The highest BCUT2D eigenvalue weighted by Gasteiger charge is 2.37. The lowest BCUT2D eigenvalue weighted by Gasteiger charge is -2.24. The van der Waals surface area contributed by atoms with Crippen LogP contribution >= 0.6 is 0 Å². The van der Waals surface area contributed by atoms with Crippen LogP contribution in [0.25, 0.3) is 0 Å². The number of rotatable bonds is 12. The first-order chi connectivity index (χ1) is 9.26. The molecule has 1 atom stereocenters. The van der Waals surface area contributed by atoms with Crippen LogP contribution in [0.2, 0.25) is 0 Å². The average molecular weight is 312 g/mol. The van der Waals surface area contributed by atoms with Crippen molar-refractivity contribution in [3.05, 3.63) is 0 Å². The molecule has 0 aliphatic heterocycles. The van der Waals surface area contributed by atoms with Crippen LogP contribution in [0.4, 0.5) is 26.3 Å². The highest BCUT2D eigenvalue weighted by molar-refractivity contribution is 4.62. The zero-order valence-corrected chi connectivity index (χ0v) is 11.0. The van der Waals surface area contributed by atoms with E-state index in [0.29, 0.717) is 6.42 Å². The molecule has 0 aromatic heterocycles. The molecule has 0 spiro atoms. The molecule has 9 heteroatoms. The normalized spacial score (nSPS) is 14.6. The molecule has 3 nitrogen and oxygen atoms in total. The Morgan fingerprint density at radius 2 is 1.55 bits per heavy atom. The minimum Gasteiger partial charge on any atom is -0.379 e. The van der Waals surface area contributed by atoms with Gasteiger partial charge in [0.15, 0.2) is 13.3 Å². The van der Waals surface area contributed by atoms with E-state index in [-0.39, 0.29) is 6.61 Å². The van der Waals surface area contributed by atoms with Gasteiger partial charge in [0.25, 0.3) is 0 Å². The summed E-state index contributed by atoms with van der Waals surface area (Å²) in [5.41, 5.74) is 0. The Labute approximate surface area is 113 Å². The predicted molar refractivity (Wildman–Crippen MR) is 58.4 cm³/mol. The van der Waals surface area contributed by atoms with Crippen LogP contribution in [-0.2, 0) is 14.2 Å². The largest absolute Gasteiger partial charge is 0.384 e. The minimum absolute atomic E-state index is 0.205. The van der Waals surface area contributed by atoms with E-state index < -0.39 is 44.9 Å². The van der Waals surface area contributed by atoms with Gasteiger partial charge in [0, 0.05) is 6.61 Å². The summed E-state index contributed by atoms with van der Waals surface area (Å²) in [6, 6.07) is 0. The van der Waals surface area contributed by atoms with Gasteiger partial charge in [0.1, 0.15) is 6.10 Å². The Morgan fingerprint density at radius 3 is 2.05 bits per heavy atom. The third-order valence-corrected chi connectivity index (χ3v) is 2.08. The molecule has 0 rings (SSSR count). The molecule has 20 heavy (non-hydrogen) atoms. The van der Waals surface area contributed by atoms with Gasteiger partial charge < -0.3 is 14.2 Å². The monoisotopic (exact) mass is 312 g/mol. The standard InChI is InChI=1S/C11H18F6O3/c1-2-3-4-18-5-9(20-11(16,17)8-13)6-19-10(14,15)7-12/h9H,2-8H2,1H3. The van der Waals surface area contributed by atoms with Crippen LogP contribution in [0.3, 0.4) is 0 Å². The Balaban J connectivity index is 4.31. The molecule has 0 radical (unpaired) electrons. The van der Waals surface area contributed by atoms with Crippen molar-refractivity contribution in [3.63, 3.8) is 0 Å². The molecule has 122 valence electrons. The fraction of sp³-hybridized carbons (Fsp3) is 1.00. The molecule has 0 saturated heterocycles. The highest BCUT2D eigenvalue weighted by atomic mass is 19.3. The van der Waals surface area contributed by atoms with E-state index in [9.17, 15) is 26.3 Å². The first-order valence-corrected chi connectivity index (χ1v) is 6.03. The van der Waals surface area contributed by atoms with E-state index in [1.807, 2.05) is 6.92 Å². The fourth-order valence-corrected chi connectivity index (χ4v) is 1.11. The van der Waals surface area contributed by atoms with Gasteiger partial charge in [-0.1, -0.05) is 13.3 Å². The molecule has 0 bridgehead atoms. The van der Waals surface area contributed by atoms with Crippen molar-refractivity contribution in [3.8, 4) is 0 Å². The summed E-state index contributed by atoms with van der Waals surface area (Å²) in [4.78, 5) is 0. The van der Waals surface area contributed by atoms with Crippen LogP contribution in [0, 0.1) is 0 Å². The van der Waals surface area contributed by atoms with Gasteiger partial charge in [-0.3, -0.25) is 0 Å². The van der Waals surface area contributed by atoms with Crippen molar-refractivity contribution in [2.45, 2.75) is 38.1 Å². The van der Waals surface area contributed by atoms with E-state index in [1.165, 1.54) is 0 Å². The van der Waals surface area contributed by atoms with Crippen molar-refractivity contribution in [2.75, 3.05) is 33.2 Å². The summed E-state index contributed by atoms with van der Waals surface area (Å²) >= 11 is 0. The van der Waals surface area contributed by atoms with Crippen molar-refractivity contribution in [1.82, 2.24) is 0 Å². The Bertz CT molecular complexity index is 252. The van der Waals surface area contributed by atoms with E-state index >= 15 is 0 Å². The third-order valence-electron chi connectivity index (χ3n) is 2.08. The van der Waals surface area contributed by atoms with E-state index in [2.05, 4.69) is 9.47 Å². The molecular weight excluding hydrogens is 294 g/mol. The first-order valence-electron chi connectivity index (χ1n) is 6.03. The Morgan fingerprint density at radius 1 is 0.950 bits per heavy atom.